The van der Waals surface area contributed by atoms with Gasteiger partial charge in [0.1, 0.15) is 29.9 Å². The Hall–Kier alpha value is -2.97. The zero-order chi connectivity index (χ0) is 19.7. The number of anilines is 1. The van der Waals surface area contributed by atoms with Gasteiger partial charge in [0, 0.05) is 6.42 Å². The number of halogens is 1. The highest BCUT2D eigenvalue weighted by Crippen LogP contribution is 2.31. The lowest BCUT2D eigenvalue weighted by atomic mass is 10.0. The van der Waals surface area contributed by atoms with E-state index in [0.717, 1.165) is 6.42 Å². The number of carbonyl (C=O) groups is 2. The van der Waals surface area contributed by atoms with Crippen LogP contribution in [0.1, 0.15) is 47.7 Å². The summed E-state index contributed by atoms with van der Waals surface area (Å²) in [7, 11) is 0. The van der Waals surface area contributed by atoms with Gasteiger partial charge >= 0.3 is 0 Å². The molecule has 2 aliphatic rings. The first kappa shape index (κ1) is 18.4. The molecule has 0 radical (unpaired) electrons. The van der Waals surface area contributed by atoms with Crippen LogP contribution in [0.4, 0.5) is 10.1 Å². The summed E-state index contributed by atoms with van der Waals surface area (Å²) >= 11 is 0. The second kappa shape index (κ2) is 7.57. The van der Waals surface area contributed by atoms with Gasteiger partial charge in [0.05, 0.1) is 0 Å². The first-order valence-electron chi connectivity index (χ1n) is 9.46. The van der Waals surface area contributed by atoms with E-state index in [0.29, 0.717) is 17.3 Å². The van der Waals surface area contributed by atoms with Crippen molar-refractivity contribution in [3.05, 3.63) is 35.2 Å². The molecule has 28 heavy (non-hydrogen) atoms. The van der Waals surface area contributed by atoms with Crippen LogP contribution >= 0.6 is 0 Å². The Morgan fingerprint density at radius 1 is 1.32 bits per heavy atom. The number of hydrogen-bond acceptors (Lipinski definition) is 5. The summed E-state index contributed by atoms with van der Waals surface area (Å²) in [5.41, 5.74) is 0.648. The number of aromatic amines is 1. The highest BCUT2D eigenvalue weighted by Gasteiger charge is 2.29. The summed E-state index contributed by atoms with van der Waals surface area (Å²) in [6.45, 7) is 1.61. The highest BCUT2D eigenvalue weighted by atomic mass is 19.1. The minimum Gasteiger partial charge on any atom is -0.489 e. The van der Waals surface area contributed by atoms with Gasteiger partial charge in [-0.25, -0.2) is 4.39 Å². The fraction of sp³-hybridized carbons (Fsp3) is 0.474. The lowest BCUT2D eigenvalue weighted by Gasteiger charge is -2.13. The van der Waals surface area contributed by atoms with E-state index in [-0.39, 0.29) is 23.9 Å². The zero-order valence-electron chi connectivity index (χ0n) is 15.5. The molecule has 0 spiro atoms. The molecule has 1 fully saturated rings. The molecule has 2 amide bonds. The standard InChI is InChI=1S/C19H22FN5O3/c1-10-6-12(20)16-14(7-10)28-9-13(18(26)23-16)21-19(27)17-22-15(24-25-17)8-11-4-2-3-5-11/h6-7,11,13H,2-5,8-9H2,1H3,(H,21,27)(H,23,26)(H,22,24,25)/t13-/m0/s1. The fourth-order valence-corrected chi connectivity index (χ4v) is 3.72. The molecule has 3 N–H and O–H groups in total. The number of rotatable bonds is 4. The van der Waals surface area contributed by atoms with Crippen molar-refractivity contribution in [2.45, 2.75) is 45.1 Å². The third-order valence-corrected chi connectivity index (χ3v) is 5.18. The predicted octanol–water partition coefficient (Wildman–Crippen LogP) is 2.11. The van der Waals surface area contributed by atoms with E-state index in [1.165, 1.54) is 31.7 Å². The summed E-state index contributed by atoms with van der Waals surface area (Å²) in [4.78, 5) is 27.8. The maximum atomic E-state index is 14.1. The fourth-order valence-electron chi connectivity index (χ4n) is 3.72. The third-order valence-electron chi connectivity index (χ3n) is 5.18. The molecule has 1 aromatic heterocycles. The number of aryl methyl sites for hydroxylation is 1. The van der Waals surface area contributed by atoms with Gasteiger partial charge in [-0.05, 0) is 30.5 Å². The number of H-pyrrole nitrogens is 1. The number of aromatic nitrogens is 3. The van der Waals surface area contributed by atoms with Crippen LogP contribution in [-0.4, -0.2) is 39.6 Å². The normalized spacial score (nSPS) is 19.5. The number of carbonyl (C=O) groups excluding carboxylic acids is 2. The monoisotopic (exact) mass is 387 g/mol. The zero-order valence-corrected chi connectivity index (χ0v) is 15.5. The molecule has 0 bridgehead atoms. The van der Waals surface area contributed by atoms with E-state index in [1.807, 2.05) is 0 Å². The summed E-state index contributed by atoms with van der Waals surface area (Å²) in [6, 6.07) is 1.96. The molecule has 148 valence electrons. The Bertz CT molecular complexity index is 907. The molecule has 1 atom stereocenters. The summed E-state index contributed by atoms with van der Waals surface area (Å²) in [5.74, 6) is -0.171. The molecule has 9 heteroatoms. The van der Waals surface area contributed by atoms with Crippen molar-refractivity contribution in [2.24, 2.45) is 5.92 Å². The maximum absolute atomic E-state index is 14.1. The van der Waals surface area contributed by atoms with Crippen LogP contribution in [-0.2, 0) is 11.2 Å². The third kappa shape index (κ3) is 3.83. The first-order valence-corrected chi connectivity index (χ1v) is 9.46. The van der Waals surface area contributed by atoms with Gasteiger partial charge in [-0.2, -0.15) is 0 Å². The van der Waals surface area contributed by atoms with Crippen molar-refractivity contribution in [2.75, 3.05) is 11.9 Å². The summed E-state index contributed by atoms with van der Waals surface area (Å²) < 4.78 is 19.6. The number of ether oxygens (including phenoxy) is 1. The Balaban J connectivity index is 1.41. The smallest absolute Gasteiger partial charge is 0.289 e. The predicted molar refractivity (Wildman–Crippen MR) is 98.6 cm³/mol. The van der Waals surface area contributed by atoms with Crippen LogP contribution in [0.2, 0.25) is 0 Å². The minimum absolute atomic E-state index is 0.0223. The molecule has 2 aromatic rings. The molecule has 4 rings (SSSR count). The van der Waals surface area contributed by atoms with Gasteiger partial charge in [0.15, 0.2) is 5.82 Å². The maximum Gasteiger partial charge on any atom is 0.289 e. The number of nitrogens with one attached hydrogen (secondary N) is 3. The second-order valence-corrected chi connectivity index (χ2v) is 7.42. The van der Waals surface area contributed by atoms with Crippen LogP contribution in [0.25, 0.3) is 0 Å². The molecule has 1 aliphatic carbocycles. The minimum atomic E-state index is -0.983. The van der Waals surface area contributed by atoms with Gasteiger partial charge in [-0.15, -0.1) is 10.2 Å². The van der Waals surface area contributed by atoms with Crippen molar-refractivity contribution < 1.29 is 18.7 Å². The topological polar surface area (TPSA) is 109 Å². The Labute approximate surface area is 161 Å². The van der Waals surface area contributed by atoms with E-state index in [4.69, 9.17) is 4.74 Å². The quantitative estimate of drug-likeness (QED) is 0.745. The Morgan fingerprint density at radius 2 is 2.11 bits per heavy atom. The van der Waals surface area contributed by atoms with Gasteiger partial charge < -0.3 is 20.4 Å². The van der Waals surface area contributed by atoms with Crippen molar-refractivity contribution in [3.63, 3.8) is 0 Å². The molecule has 1 aromatic carbocycles. The molecule has 2 heterocycles. The highest BCUT2D eigenvalue weighted by molar-refractivity contribution is 6.01. The summed E-state index contributed by atoms with van der Waals surface area (Å²) in [5, 5.41) is 13.0. The molecule has 0 saturated heterocycles. The summed E-state index contributed by atoms with van der Waals surface area (Å²) in [6.07, 6.45) is 5.55. The average Bonchev–Trinajstić information content (AvgIpc) is 3.30. The number of amides is 2. The molecule has 0 unspecified atom stereocenters. The largest absolute Gasteiger partial charge is 0.489 e. The number of benzene rings is 1. The van der Waals surface area contributed by atoms with E-state index < -0.39 is 23.7 Å². The van der Waals surface area contributed by atoms with Crippen LogP contribution in [0.3, 0.4) is 0 Å². The molecule has 1 aliphatic heterocycles. The van der Waals surface area contributed by atoms with Gasteiger partial charge in [-0.3, -0.25) is 9.59 Å². The molecular weight excluding hydrogens is 365 g/mol. The van der Waals surface area contributed by atoms with E-state index in [1.54, 1.807) is 13.0 Å². The van der Waals surface area contributed by atoms with Crippen LogP contribution < -0.4 is 15.4 Å². The Kier molecular flexibility index (Phi) is 4.97. The van der Waals surface area contributed by atoms with Crippen molar-refractivity contribution >= 4 is 17.5 Å². The molecule has 1 saturated carbocycles. The first-order chi connectivity index (χ1) is 13.5. The SMILES string of the molecule is Cc1cc(F)c2c(c1)OC[C@H](NC(=O)c1nnc(CC3CCCC3)[nH]1)C(=O)N2. The average molecular weight is 387 g/mol. The van der Waals surface area contributed by atoms with Gasteiger partial charge in [0.25, 0.3) is 11.8 Å². The lowest BCUT2D eigenvalue weighted by molar-refractivity contribution is -0.118. The van der Waals surface area contributed by atoms with E-state index >= 15 is 0 Å². The van der Waals surface area contributed by atoms with Crippen molar-refractivity contribution in [1.29, 1.82) is 0 Å². The van der Waals surface area contributed by atoms with Crippen molar-refractivity contribution in [3.8, 4) is 5.75 Å². The van der Waals surface area contributed by atoms with Crippen molar-refractivity contribution in [1.82, 2.24) is 20.5 Å². The number of nitrogens with zero attached hydrogens (tertiary/aromatic N) is 2. The van der Waals surface area contributed by atoms with Crippen LogP contribution in [0, 0.1) is 18.7 Å². The van der Waals surface area contributed by atoms with Crippen LogP contribution in [0.15, 0.2) is 12.1 Å². The Morgan fingerprint density at radius 3 is 2.89 bits per heavy atom. The lowest BCUT2D eigenvalue weighted by Crippen LogP contribution is -2.46. The number of fused-ring (bicyclic) bond motifs is 1. The van der Waals surface area contributed by atoms with E-state index in [9.17, 15) is 14.0 Å². The van der Waals surface area contributed by atoms with E-state index in [2.05, 4.69) is 25.8 Å². The second-order valence-electron chi connectivity index (χ2n) is 7.42. The molecule has 8 nitrogen and oxygen atoms in total. The van der Waals surface area contributed by atoms with Crippen LogP contribution in [0.5, 0.6) is 5.75 Å². The van der Waals surface area contributed by atoms with Gasteiger partial charge in [0.2, 0.25) is 5.82 Å². The molecular formula is C19H22FN5O3. The number of hydrogen-bond donors (Lipinski definition) is 3. The van der Waals surface area contributed by atoms with Gasteiger partial charge in [-0.1, -0.05) is 25.7 Å².